The van der Waals surface area contributed by atoms with E-state index in [1.165, 1.54) is 6.07 Å². The van der Waals surface area contributed by atoms with E-state index in [2.05, 4.69) is 10.4 Å². The molecule has 5 N–H and O–H groups in total. The van der Waals surface area contributed by atoms with E-state index < -0.39 is 23.8 Å². The number of nitrogens with zero attached hydrogens (tertiary/aromatic N) is 2. The number of hydrogen-bond acceptors (Lipinski definition) is 5. The van der Waals surface area contributed by atoms with Crippen molar-refractivity contribution in [2.75, 3.05) is 6.61 Å². The van der Waals surface area contributed by atoms with E-state index in [0.29, 0.717) is 11.3 Å². The predicted molar refractivity (Wildman–Crippen MR) is 133 cm³/mol. The predicted octanol–water partition coefficient (Wildman–Crippen LogP) is 2.55. The van der Waals surface area contributed by atoms with Crippen molar-refractivity contribution in [1.82, 2.24) is 10.4 Å². The molecule has 35 heavy (non-hydrogen) atoms. The van der Waals surface area contributed by atoms with Gasteiger partial charge in [0.1, 0.15) is 0 Å². The number of carbonyl (C=O) groups is 3. The van der Waals surface area contributed by atoms with E-state index in [0.717, 1.165) is 10.6 Å². The fourth-order valence-electron chi connectivity index (χ4n) is 3.39. The minimum atomic E-state index is -1.12. The maximum Gasteiger partial charge on any atom is 0.331 e. The van der Waals surface area contributed by atoms with E-state index in [9.17, 15) is 14.4 Å². The number of nitrogens with one attached hydrogen (secondary N) is 1. The molecule has 0 aliphatic rings. The van der Waals surface area contributed by atoms with Crippen LogP contribution in [0.5, 0.6) is 0 Å². The molecule has 0 radical (unpaired) electrons. The molecule has 0 saturated heterocycles. The molecule has 3 aromatic carbocycles. The van der Waals surface area contributed by atoms with E-state index in [-0.39, 0.29) is 24.6 Å². The van der Waals surface area contributed by atoms with Crippen molar-refractivity contribution in [3.63, 3.8) is 0 Å². The molecule has 1 atom stereocenters. The monoisotopic (exact) mass is 473 g/mol. The smallest absolute Gasteiger partial charge is 0.331 e. The summed E-state index contributed by atoms with van der Waals surface area (Å²) in [5.74, 6) is -1.98. The molecular weight excluding hydrogens is 446 g/mol. The van der Waals surface area contributed by atoms with Crippen LogP contribution in [0.25, 0.3) is 0 Å². The Kier molecular flexibility index (Phi) is 8.55. The normalized spacial score (nSPS) is 11.1. The Morgan fingerprint density at radius 1 is 0.914 bits per heavy atom. The zero-order valence-corrected chi connectivity index (χ0v) is 19.3. The first-order valence-corrected chi connectivity index (χ1v) is 11.0. The van der Waals surface area contributed by atoms with Crippen LogP contribution in [0.3, 0.4) is 0 Å². The number of rotatable bonds is 8. The first-order chi connectivity index (χ1) is 16.9. The van der Waals surface area contributed by atoms with Crippen LogP contribution in [0.1, 0.15) is 33.2 Å². The molecule has 180 valence electrons. The molecule has 0 fully saturated rings. The zero-order chi connectivity index (χ0) is 25.2. The summed E-state index contributed by atoms with van der Waals surface area (Å²) in [4.78, 5) is 43.7. The van der Waals surface area contributed by atoms with Crippen LogP contribution >= 0.6 is 0 Å². The van der Waals surface area contributed by atoms with Crippen molar-refractivity contribution in [3.8, 4) is 0 Å². The van der Waals surface area contributed by atoms with E-state index in [1.807, 2.05) is 30.3 Å². The van der Waals surface area contributed by atoms with Gasteiger partial charge in [-0.1, -0.05) is 54.6 Å². The second-order valence-corrected chi connectivity index (χ2v) is 7.53. The number of guanidine groups is 1. The van der Waals surface area contributed by atoms with Crippen molar-refractivity contribution in [2.24, 2.45) is 16.5 Å². The van der Waals surface area contributed by atoms with Gasteiger partial charge < -0.3 is 16.2 Å². The number of aliphatic imine (C=N–C) groups is 1. The summed E-state index contributed by atoms with van der Waals surface area (Å²) in [6, 6.07) is 22.7. The van der Waals surface area contributed by atoms with Gasteiger partial charge in [-0.15, -0.1) is 0 Å². The minimum absolute atomic E-state index is 0.117. The van der Waals surface area contributed by atoms with Crippen molar-refractivity contribution in [2.45, 2.75) is 19.4 Å². The van der Waals surface area contributed by atoms with E-state index in [1.54, 1.807) is 55.5 Å². The molecule has 2 amide bonds. The number of amides is 2. The lowest BCUT2D eigenvalue weighted by Crippen LogP contribution is -2.56. The number of benzene rings is 3. The van der Waals surface area contributed by atoms with Crippen molar-refractivity contribution >= 4 is 29.4 Å². The molecule has 0 saturated carbocycles. The van der Waals surface area contributed by atoms with Crippen LogP contribution in [0.4, 0.5) is 5.69 Å². The molecule has 9 nitrogen and oxygen atoms in total. The second-order valence-electron chi connectivity index (χ2n) is 7.53. The summed E-state index contributed by atoms with van der Waals surface area (Å²) in [5.41, 5.74) is 15.1. The largest absolute Gasteiger partial charge is 0.464 e. The second kappa shape index (κ2) is 12.0. The maximum absolute atomic E-state index is 13.5. The molecule has 0 spiro atoms. The molecule has 0 bridgehead atoms. The highest BCUT2D eigenvalue weighted by Crippen LogP contribution is 2.17. The fourth-order valence-corrected chi connectivity index (χ4v) is 3.39. The Morgan fingerprint density at radius 2 is 1.54 bits per heavy atom. The summed E-state index contributed by atoms with van der Waals surface area (Å²) in [6.07, 6.45) is 0.132. The van der Waals surface area contributed by atoms with Gasteiger partial charge in [-0.2, -0.15) is 0 Å². The van der Waals surface area contributed by atoms with E-state index >= 15 is 0 Å². The molecule has 1 unspecified atom stereocenters. The highest BCUT2D eigenvalue weighted by molar-refractivity contribution is 6.01. The Hall–Kier alpha value is -4.66. The number of hydrazine groups is 1. The molecule has 0 aliphatic heterocycles. The van der Waals surface area contributed by atoms with Gasteiger partial charge in [-0.25, -0.2) is 14.8 Å². The lowest BCUT2D eigenvalue weighted by Gasteiger charge is -2.30. The number of esters is 1. The highest BCUT2D eigenvalue weighted by Gasteiger charge is 2.33. The van der Waals surface area contributed by atoms with Crippen LogP contribution in [0.15, 0.2) is 89.9 Å². The Balaban J connectivity index is 2.00. The lowest BCUT2D eigenvalue weighted by atomic mass is 10.0. The first kappa shape index (κ1) is 25.0. The van der Waals surface area contributed by atoms with Crippen LogP contribution in [0.2, 0.25) is 0 Å². The van der Waals surface area contributed by atoms with Gasteiger partial charge in [-0.3, -0.25) is 15.0 Å². The minimum Gasteiger partial charge on any atom is -0.464 e. The maximum atomic E-state index is 13.5. The van der Waals surface area contributed by atoms with Gasteiger partial charge in [0.2, 0.25) is 0 Å². The Bertz CT molecular complexity index is 1190. The van der Waals surface area contributed by atoms with Crippen molar-refractivity contribution < 1.29 is 19.1 Å². The SMILES string of the molecule is CCOC(=O)C(Cc1ccccc1)N(NC(=O)c1cccc(N=C(N)N)c1)C(=O)c1ccccc1. The standard InChI is InChI=1S/C26H27N5O4/c1-2-35-25(34)22(16-18-10-5-3-6-11-18)31(24(33)19-12-7-4-8-13-19)30-23(32)20-14-9-15-21(17-20)29-26(27)28/h3-15,17,22H,2,16H2,1H3,(H,30,32)(H4,27,28,29). The molecule has 9 heteroatoms. The van der Waals surface area contributed by atoms with Crippen molar-refractivity contribution in [1.29, 1.82) is 0 Å². The summed E-state index contributed by atoms with van der Waals surface area (Å²) in [6.45, 7) is 1.79. The van der Waals surface area contributed by atoms with Gasteiger partial charge >= 0.3 is 5.97 Å². The Labute approximate surface area is 203 Å². The number of carbonyl (C=O) groups excluding carboxylic acids is 3. The first-order valence-electron chi connectivity index (χ1n) is 11.0. The summed E-state index contributed by atoms with van der Waals surface area (Å²) >= 11 is 0. The molecule has 0 aromatic heterocycles. The topological polar surface area (TPSA) is 140 Å². The Morgan fingerprint density at radius 3 is 2.17 bits per heavy atom. The van der Waals surface area contributed by atoms with Crippen molar-refractivity contribution in [3.05, 3.63) is 102 Å². The van der Waals surface area contributed by atoms with Gasteiger partial charge in [0, 0.05) is 17.5 Å². The van der Waals surface area contributed by atoms with Gasteiger partial charge in [0.25, 0.3) is 11.8 Å². The van der Waals surface area contributed by atoms with Gasteiger partial charge in [0.15, 0.2) is 12.0 Å². The van der Waals surface area contributed by atoms with Crippen LogP contribution in [-0.4, -0.2) is 41.4 Å². The number of ether oxygens (including phenoxy) is 1. The quantitative estimate of drug-likeness (QED) is 0.199. The number of hydrogen-bond donors (Lipinski definition) is 3. The lowest BCUT2D eigenvalue weighted by molar-refractivity contribution is -0.149. The molecular formula is C26H27N5O4. The molecule has 0 aliphatic carbocycles. The number of nitrogens with two attached hydrogens (primary N) is 2. The zero-order valence-electron chi connectivity index (χ0n) is 19.3. The highest BCUT2D eigenvalue weighted by atomic mass is 16.5. The fraction of sp³-hybridized carbons (Fsp3) is 0.154. The third-order valence-corrected chi connectivity index (χ3v) is 4.97. The average Bonchev–Trinajstić information content (AvgIpc) is 2.86. The average molecular weight is 474 g/mol. The van der Waals surface area contributed by atoms with E-state index in [4.69, 9.17) is 16.2 Å². The van der Waals surface area contributed by atoms with Gasteiger partial charge in [0.05, 0.1) is 12.3 Å². The van der Waals surface area contributed by atoms with Crippen LogP contribution < -0.4 is 16.9 Å². The third kappa shape index (κ3) is 6.91. The van der Waals surface area contributed by atoms with Gasteiger partial charge in [-0.05, 0) is 42.8 Å². The molecule has 3 aromatic rings. The summed E-state index contributed by atoms with van der Waals surface area (Å²) in [7, 11) is 0. The molecule has 3 rings (SSSR count). The third-order valence-electron chi connectivity index (χ3n) is 4.97. The van der Waals surface area contributed by atoms with Crippen LogP contribution in [0, 0.1) is 0 Å². The molecule has 0 heterocycles. The summed E-state index contributed by atoms with van der Waals surface area (Å²) < 4.78 is 5.26. The van der Waals surface area contributed by atoms with Crippen LogP contribution in [-0.2, 0) is 16.0 Å². The summed E-state index contributed by atoms with van der Waals surface area (Å²) in [5, 5.41) is 1.02.